The zero-order valence-corrected chi connectivity index (χ0v) is 20.2. The summed E-state index contributed by atoms with van der Waals surface area (Å²) in [6.45, 7) is 8.70. The summed E-state index contributed by atoms with van der Waals surface area (Å²) >= 11 is 0. The van der Waals surface area contributed by atoms with Gasteiger partial charge < -0.3 is 20.8 Å². The molecule has 35 heavy (non-hydrogen) atoms. The second-order valence-corrected chi connectivity index (χ2v) is 9.20. The van der Waals surface area contributed by atoms with Gasteiger partial charge in [-0.15, -0.1) is 0 Å². The second-order valence-electron chi connectivity index (χ2n) is 9.20. The van der Waals surface area contributed by atoms with E-state index in [1.165, 1.54) is 5.56 Å². The number of benzene rings is 2. The van der Waals surface area contributed by atoms with Gasteiger partial charge in [-0.3, -0.25) is 9.69 Å². The van der Waals surface area contributed by atoms with Crippen molar-refractivity contribution in [3.8, 4) is 11.1 Å². The van der Waals surface area contributed by atoms with E-state index in [9.17, 15) is 4.79 Å². The van der Waals surface area contributed by atoms with Gasteiger partial charge in [0.15, 0.2) is 0 Å². The largest absolute Gasteiger partial charge is 0.398 e. The van der Waals surface area contributed by atoms with Crippen molar-refractivity contribution in [1.29, 1.82) is 0 Å². The number of aromatic amines is 1. The molecule has 1 aliphatic heterocycles. The minimum Gasteiger partial charge on any atom is -0.398 e. The van der Waals surface area contributed by atoms with Crippen molar-refractivity contribution in [1.82, 2.24) is 14.9 Å². The molecular weight excluding hydrogens is 438 g/mol. The molecule has 0 aliphatic carbocycles. The molecular formula is C28H31N5O2. The van der Waals surface area contributed by atoms with E-state index in [1.807, 2.05) is 32.0 Å². The number of morpholine rings is 1. The first kappa shape index (κ1) is 23.1. The molecule has 0 saturated carbocycles. The maximum absolute atomic E-state index is 12.4. The van der Waals surface area contributed by atoms with Gasteiger partial charge in [-0.2, -0.15) is 0 Å². The molecule has 3 heterocycles. The van der Waals surface area contributed by atoms with E-state index in [2.05, 4.69) is 50.5 Å². The Balaban J connectivity index is 1.42. The lowest BCUT2D eigenvalue weighted by molar-refractivity contribution is 0.0342. The topological polar surface area (TPSA) is 96.3 Å². The Labute approximate surface area is 205 Å². The van der Waals surface area contributed by atoms with Gasteiger partial charge in [0.1, 0.15) is 5.82 Å². The van der Waals surface area contributed by atoms with E-state index < -0.39 is 0 Å². The van der Waals surface area contributed by atoms with Crippen LogP contribution in [0.15, 0.2) is 59.5 Å². The number of hydrogen-bond donors (Lipinski definition) is 3. The van der Waals surface area contributed by atoms with Crippen LogP contribution in [-0.2, 0) is 17.8 Å². The zero-order chi connectivity index (χ0) is 24.4. The molecule has 7 nitrogen and oxygen atoms in total. The summed E-state index contributed by atoms with van der Waals surface area (Å²) in [6.07, 6.45) is 1.74. The average molecular weight is 470 g/mol. The minimum atomic E-state index is -0.0763. The number of aryl methyl sites for hydroxylation is 2. The first-order valence-corrected chi connectivity index (χ1v) is 12.0. The molecule has 7 heteroatoms. The SMILES string of the molecule is Cc1cc(C)c(CNc2nccc3c(N)cc(-c4ccc(CN5CCOCC5)cc4)cc23)c(=O)[nH]1. The molecule has 0 amide bonds. The third-order valence-corrected chi connectivity index (χ3v) is 6.64. The van der Waals surface area contributed by atoms with Crippen molar-refractivity contribution in [3.05, 3.63) is 87.5 Å². The third-order valence-electron chi connectivity index (χ3n) is 6.64. The number of rotatable bonds is 6. The number of ether oxygens (including phenoxy) is 1. The smallest absolute Gasteiger partial charge is 0.253 e. The van der Waals surface area contributed by atoms with E-state index in [0.29, 0.717) is 23.6 Å². The molecule has 0 bridgehead atoms. The number of nitrogens with zero attached hydrogens (tertiary/aromatic N) is 2. The Morgan fingerprint density at radius 1 is 1.03 bits per heavy atom. The summed E-state index contributed by atoms with van der Waals surface area (Å²) in [5, 5.41) is 5.23. The van der Waals surface area contributed by atoms with Gasteiger partial charge in [-0.05, 0) is 60.4 Å². The Morgan fingerprint density at radius 2 is 1.80 bits per heavy atom. The van der Waals surface area contributed by atoms with Crippen molar-refractivity contribution in [2.24, 2.45) is 0 Å². The minimum absolute atomic E-state index is 0.0763. The number of nitrogens with one attached hydrogen (secondary N) is 2. The van der Waals surface area contributed by atoms with Gasteiger partial charge in [0.05, 0.1) is 13.2 Å². The summed E-state index contributed by atoms with van der Waals surface area (Å²) in [4.78, 5) is 22.3. The average Bonchev–Trinajstić information content (AvgIpc) is 2.85. The van der Waals surface area contributed by atoms with Crippen molar-refractivity contribution >= 4 is 22.3 Å². The highest BCUT2D eigenvalue weighted by atomic mass is 16.5. The van der Waals surface area contributed by atoms with Gasteiger partial charge in [-0.25, -0.2) is 4.98 Å². The lowest BCUT2D eigenvalue weighted by Gasteiger charge is -2.26. The lowest BCUT2D eigenvalue weighted by atomic mass is 9.99. The Kier molecular flexibility index (Phi) is 6.53. The molecule has 0 atom stereocenters. The molecule has 0 unspecified atom stereocenters. The number of anilines is 2. The molecule has 0 radical (unpaired) electrons. The summed E-state index contributed by atoms with van der Waals surface area (Å²) in [6, 6.07) is 16.7. The van der Waals surface area contributed by atoms with Crippen molar-refractivity contribution in [2.75, 3.05) is 37.4 Å². The highest BCUT2D eigenvalue weighted by molar-refractivity contribution is 6.02. The Morgan fingerprint density at radius 3 is 2.54 bits per heavy atom. The van der Waals surface area contributed by atoms with E-state index >= 15 is 0 Å². The number of hydrogen-bond acceptors (Lipinski definition) is 6. The first-order valence-electron chi connectivity index (χ1n) is 12.0. The predicted molar refractivity (Wildman–Crippen MR) is 142 cm³/mol. The molecule has 1 aliphatic rings. The number of nitrogen functional groups attached to an aromatic ring is 1. The highest BCUT2D eigenvalue weighted by Gasteiger charge is 2.13. The first-order chi connectivity index (χ1) is 17.0. The van der Waals surface area contributed by atoms with Crippen LogP contribution in [0.2, 0.25) is 0 Å². The van der Waals surface area contributed by atoms with E-state index in [0.717, 1.165) is 66.0 Å². The summed E-state index contributed by atoms with van der Waals surface area (Å²) < 4.78 is 5.45. The van der Waals surface area contributed by atoms with Crippen LogP contribution in [0.1, 0.15) is 22.4 Å². The van der Waals surface area contributed by atoms with Gasteiger partial charge in [0.25, 0.3) is 5.56 Å². The number of H-pyrrole nitrogens is 1. The van der Waals surface area contributed by atoms with E-state index in [1.54, 1.807) is 6.20 Å². The molecule has 0 spiro atoms. The highest BCUT2D eigenvalue weighted by Crippen LogP contribution is 2.33. The molecule has 180 valence electrons. The molecule has 1 saturated heterocycles. The fraction of sp³-hybridized carbons (Fsp3) is 0.286. The van der Waals surface area contributed by atoms with E-state index in [-0.39, 0.29) is 5.56 Å². The van der Waals surface area contributed by atoms with Crippen LogP contribution < -0.4 is 16.6 Å². The van der Waals surface area contributed by atoms with Crippen LogP contribution in [0.5, 0.6) is 0 Å². The third kappa shape index (κ3) is 5.06. The fourth-order valence-electron chi connectivity index (χ4n) is 4.71. The van der Waals surface area contributed by atoms with Crippen LogP contribution in [0.3, 0.4) is 0 Å². The number of aromatic nitrogens is 2. The molecule has 2 aromatic carbocycles. The molecule has 2 aromatic heterocycles. The van der Waals surface area contributed by atoms with Crippen LogP contribution in [0.25, 0.3) is 21.9 Å². The standard InChI is InChI=1S/C28H31N5O2/c1-18-13-19(2)32-28(34)25(18)16-31-27-24-14-22(15-26(29)23(24)7-8-30-27)21-5-3-20(4-6-21)17-33-9-11-35-12-10-33/h3-8,13-15H,9-12,16-17,29H2,1-2H3,(H,30,31)(H,32,34). The molecule has 4 aromatic rings. The van der Waals surface area contributed by atoms with Crippen molar-refractivity contribution < 1.29 is 4.74 Å². The van der Waals surface area contributed by atoms with Gasteiger partial charge in [0, 0.05) is 60.1 Å². The summed E-state index contributed by atoms with van der Waals surface area (Å²) in [5.41, 5.74) is 13.0. The van der Waals surface area contributed by atoms with Crippen LogP contribution in [-0.4, -0.2) is 41.2 Å². The molecule has 1 fully saturated rings. The van der Waals surface area contributed by atoms with E-state index in [4.69, 9.17) is 10.5 Å². The summed E-state index contributed by atoms with van der Waals surface area (Å²) in [7, 11) is 0. The number of fused-ring (bicyclic) bond motifs is 1. The normalized spacial score (nSPS) is 14.3. The van der Waals surface area contributed by atoms with Crippen LogP contribution >= 0.6 is 0 Å². The molecule has 4 N–H and O–H groups in total. The predicted octanol–water partition coefficient (Wildman–Crippen LogP) is 4.23. The van der Waals surface area contributed by atoms with Crippen LogP contribution in [0.4, 0.5) is 11.5 Å². The lowest BCUT2D eigenvalue weighted by Crippen LogP contribution is -2.35. The zero-order valence-electron chi connectivity index (χ0n) is 20.2. The van der Waals surface area contributed by atoms with Crippen molar-refractivity contribution in [3.63, 3.8) is 0 Å². The van der Waals surface area contributed by atoms with Crippen molar-refractivity contribution in [2.45, 2.75) is 26.9 Å². The monoisotopic (exact) mass is 469 g/mol. The maximum Gasteiger partial charge on any atom is 0.253 e. The van der Waals surface area contributed by atoms with Gasteiger partial charge in [-0.1, -0.05) is 24.3 Å². The fourth-order valence-corrected chi connectivity index (χ4v) is 4.71. The van der Waals surface area contributed by atoms with Crippen LogP contribution in [0, 0.1) is 13.8 Å². The molecule has 5 rings (SSSR count). The number of nitrogens with two attached hydrogens (primary N) is 1. The summed E-state index contributed by atoms with van der Waals surface area (Å²) in [5.74, 6) is 0.708. The maximum atomic E-state index is 12.4. The number of pyridine rings is 2. The van der Waals surface area contributed by atoms with Gasteiger partial charge in [0.2, 0.25) is 0 Å². The Bertz CT molecular complexity index is 1410. The quantitative estimate of drug-likeness (QED) is 0.366. The Hall–Kier alpha value is -3.68. The van der Waals surface area contributed by atoms with Gasteiger partial charge >= 0.3 is 0 Å². The second kappa shape index (κ2) is 9.90.